The summed E-state index contributed by atoms with van der Waals surface area (Å²) in [6, 6.07) is 16.5. The molecule has 0 aliphatic carbocycles. The predicted molar refractivity (Wildman–Crippen MR) is 81.0 cm³/mol. The molecule has 1 heterocycles. The van der Waals surface area contributed by atoms with Crippen LogP contribution in [0, 0.1) is 0 Å². The average Bonchev–Trinajstić information content (AvgIpc) is 2.83. The number of nitrogens with zero attached hydrogens (tertiary/aromatic N) is 2. The second-order valence-corrected chi connectivity index (χ2v) is 5.35. The number of alkyl halides is 3. The van der Waals surface area contributed by atoms with Gasteiger partial charge in [-0.25, -0.2) is 4.99 Å². The molecule has 7 heteroatoms. The maximum Gasteiger partial charge on any atom is 0.448 e. The highest BCUT2D eigenvalue weighted by Gasteiger charge is 2.65. The minimum atomic E-state index is -5.20. The molecule has 0 radical (unpaired) electrons. The summed E-state index contributed by atoms with van der Waals surface area (Å²) in [6.45, 7) is -0.119. The van der Waals surface area contributed by atoms with Crippen molar-refractivity contribution in [2.75, 3.05) is 0 Å². The Morgan fingerprint density at radius 2 is 1.54 bits per heavy atom. The van der Waals surface area contributed by atoms with E-state index in [1.807, 2.05) is 0 Å². The molecule has 4 nitrogen and oxygen atoms in total. The Kier molecular flexibility index (Phi) is 3.88. The van der Waals surface area contributed by atoms with Gasteiger partial charge in [0.15, 0.2) is 0 Å². The van der Waals surface area contributed by atoms with Crippen LogP contribution in [0.1, 0.15) is 11.1 Å². The molecule has 0 aromatic heterocycles. The monoisotopic (exact) mass is 334 g/mol. The summed E-state index contributed by atoms with van der Waals surface area (Å²) < 4.78 is 39.6. The van der Waals surface area contributed by atoms with Gasteiger partial charge in [0.2, 0.25) is 0 Å². The number of amides is 1. The summed E-state index contributed by atoms with van der Waals surface area (Å²) in [7, 11) is 0. The van der Waals surface area contributed by atoms with Gasteiger partial charge in [-0.05, 0) is 5.56 Å². The SMILES string of the molecule is O=C1N(Cc2ccccc2)C(c2ccccc2)=NC1(O)C(F)(F)F. The van der Waals surface area contributed by atoms with Crippen LogP contribution in [0.5, 0.6) is 0 Å². The van der Waals surface area contributed by atoms with E-state index in [1.54, 1.807) is 48.5 Å². The molecular formula is C17H13F3N2O2. The van der Waals surface area contributed by atoms with Crippen LogP contribution in [0.25, 0.3) is 0 Å². The summed E-state index contributed by atoms with van der Waals surface area (Å²) in [4.78, 5) is 16.5. The lowest BCUT2D eigenvalue weighted by molar-refractivity contribution is -0.248. The number of halogens is 3. The van der Waals surface area contributed by atoms with E-state index in [1.165, 1.54) is 12.1 Å². The Balaban J connectivity index is 2.06. The highest BCUT2D eigenvalue weighted by Crippen LogP contribution is 2.38. The van der Waals surface area contributed by atoms with Crippen LogP contribution >= 0.6 is 0 Å². The number of aliphatic hydroxyl groups is 1. The number of hydrogen-bond donors (Lipinski definition) is 1. The average molecular weight is 334 g/mol. The second-order valence-electron chi connectivity index (χ2n) is 5.35. The van der Waals surface area contributed by atoms with E-state index >= 15 is 0 Å². The number of carbonyl (C=O) groups excluding carboxylic acids is 1. The van der Waals surface area contributed by atoms with Crippen LogP contribution in [0.4, 0.5) is 13.2 Å². The highest BCUT2D eigenvalue weighted by atomic mass is 19.4. The normalized spacial score (nSPS) is 21.1. The predicted octanol–water partition coefficient (Wildman–Crippen LogP) is 2.73. The zero-order chi connectivity index (χ0) is 17.4. The molecule has 1 unspecified atom stereocenters. The number of benzene rings is 2. The number of hydrogen-bond acceptors (Lipinski definition) is 3. The van der Waals surface area contributed by atoms with Gasteiger partial charge < -0.3 is 5.11 Å². The molecule has 2 aromatic rings. The maximum atomic E-state index is 13.2. The number of carbonyl (C=O) groups is 1. The first kappa shape index (κ1) is 16.2. The van der Waals surface area contributed by atoms with Gasteiger partial charge in [0.1, 0.15) is 5.84 Å². The smallest absolute Gasteiger partial charge is 0.355 e. The van der Waals surface area contributed by atoms with E-state index < -0.39 is 17.8 Å². The molecule has 0 saturated carbocycles. The maximum absolute atomic E-state index is 13.2. The van der Waals surface area contributed by atoms with Crippen molar-refractivity contribution in [2.45, 2.75) is 18.4 Å². The van der Waals surface area contributed by atoms with Crippen molar-refractivity contribution in [1.29, 1.82) is 0 Å². The summed E-state index contributed by atoms with van der Waals surface area (Å²) in [5, 5.41) is 9.87. The Bertz CT molecular complexity index is 775. The molecule has 0 spiro atoms. The molecule has 1 aliphatic heterocycles. The minimum Gasteiger partial charge on any atom is -0.355 e. The third-order valence-corrected chi connectivity index (χ3v) is 3.68. The molecule has 0 fully saturated rings. The van der Waals surface area contributed by atoms with E-state index in [9.17, 15) is 23.1 Å². The summed E-state index contributed by atoms with van der Waals surface area (Å²) in [5.74, 6) is -1.71. The molecule has 1 amide bonds. The van der Waals surface area contributed by atoms with E-state index in [2.05, 4.69) is 4.99 Å². The molecule has 124 valence electrons. The molecule has 24 heavy (non-hydrogen) atoms. The van der Waals surface area contributed by atoms with Crippen LogP contribution < -0.4 is 0 Å². The van der Waals surface area contributed by atoms with E-state index in [-0.39, 0.29) is 12.4 Å². The van der Waals surface area contributed by atoms with Gasteiger partial charge in [-0.1, -0.05) is 60.7 Å². The van der Waals surface area contributed by atoms with Gasteiger partial charge in [-0.3, -0.25) is 9.69 Å². The zero-order valence-electron chi connectivity index (χ0n) is 12.4. The third-order valence-electron chi connectivity index (χ3n) is 3.68. The Morgan fingerprint density at radius 1 is 1.00 bits per heavy atom. The van der Waals surface area contributed by atoms with E-state index in [4.69, 9.17) is 0 Å². The lowest BCUT2D eigenvalue weighted by Gasteiger charge is -2.23. The van der Waals surface area contributed by atoms with Gasteiger partial charge in [0.25, 0.3) is 5.91 Å². The Labute approximate surface area is 135 Å². The molecule has 1 aliphatic rings. The number of aliphatic imine (C=N–C) groups is 1. The van der Waals surface area contributed by atoms with Crippen LogP contribution in [0.3, 0.4) is 0 Å². The molecule has 1 atom stereocenters. The molecule has 1 N–H and O–H groups in total. The summed E-state index contributed by atoms with van der Waals surface area (Å²) in [6.07, 6.45) is -5.20. The largest absolute Gasteiger partial charge is 0.448 e. The zero-order valence-corrected chi connectivity index (χ0v) is 12.4. The minimum absolute atomic E-state index is 0.119. The first-order chi connectivity index (χ1) is 11.3. The van der Waals surface area contributed by atoms with Crippen molar-refractivity contribution in [3.63, 3.8) is 0 Å². The van der Waals surface area contributed by atoms with Gasteiger partial charge in [0, 0.05) is 5.56 Å². The van der Waals surface area contributed by atoms with Gasteiger partial charge >= 0.3 is 11.9 Å². The first-order valence-electron chi connectivity index (χ1n) is 7.13. The summed E-state index contributed by atoms with van der Waals surface area (Å²) in [5.41, 5.74) is -2.81. The lowest BCUT2D eigenvalue weighted by Crippen LogP contribution is -2.52. The van der Waals surface area contributed by atoms with Crippen molar-refractivity contribution in [3.05, 3.63) is 71.8 Å². The molecule has 3 rings (SSSR count). The molecule has 0 bridgehead atoms. The van der Waals surface area contributed by atoms with Crippen LogP contribution in [-0.2, 0) is 11.3 Å². The molecular weight excluding hydrogens is 321 g/mol. The fraction of sp³-hybridized carbons (Fsp3) is 0.176. The standard InChI is InChI=1S/C17H13F3N2O2/c18-17(19,20)16(24)15(23)22(11-12-7-3-1-4-8-12)14(21-16)13-9-5-2-6-10-13/h1-10,24H,11H2. The molecule has 0 saturated heterocycles. The van der Waals surface area contributed by atoms with Crippen molar-refractivity contribution < 1.29 is 23.1 Å². The fourth-order valence-corrected chi connectivity index (χ4v) is 2.45. The van der Waals surface area contributed by atoms with Crippen LogP contribution in [0.15, 0.2) is 65.7 Å². The first-order valence-corrected chi connectivity index (χ1v) is 7.13. The highest BCUT2D eigenvalue weighted by molar-refractivity contribution is 6.14. The quantitative estimate of drug-likeness (QED) is 0.938. The summed E-state index contributed by atoms with van der Waals surface area (Å²) >= 11 is 0. The number of amidine groups is 1. The van der Waals surface area contributed by atoms with Gasteiger partial charge in [-0.15, -0.1) is 0 Å². The second kappa shape index (κ2) is 5.76. The Hall–Kier alpha value is -2.67. The fourth-order valence-electron chi connectivity index (χ4n) is 2.45. The van der Waals surface area contributed by atoms with Crippen molar-refractivity contribution in [2.24, 2.45) is 4.99 Å². The van der Waals surface area contributed by atoms with Gasteiger partial charge in [-0.2, -0.15) is 13.2 Å². The van der Waals surface area contributed by atoms with Crippen molar-refractivity contribution >= 4 is 11.7 Å². The molecule has 2 aromatic carbocycles. The lowest BCUT2D eigenvalue weighted by atomic mass is 10.1. The topological polar surface area (TPSA) is 52.9 Å². The number of rotatable bonds is 3. The van der Waals surface area contributed by atoms with Gasteiger partial charge in [0.05, 0.1) is 6.54 Å². The third kappa shape index (κ3) is 2.67. The van der Waals surface area contributed by atoms with E-state index in [0.29, 0.717) is 11.1 Å². The van der Waals surface area contributed by atoms with Crippen molar-refractivity contribution in [3.8, 4) is 0 Å². The Morgan fingerprint density at radius 3 is 2.08 bits per heavy atom. The van der Waals surface area contributed by atoms with Crippen LogP contribution in [-0.4, -0.2) is 33.7 Å². The van der Waals surface area contributed by atoms with Crippen molar-refractivity contribution in [1.82, 2.24) is 4.90 Å². The van der Waals surface area contributed by atoms with E-state index in [0.717, 1.165) is 4.90 Å². The van der Waals surface area contributed by atoms with Crippen LogP contribution in [0.2, 0.25) is 0 Å².